The highest BCUT2D eigenvalue weighted by Gasteiger charge is 2.22. The van der Waals surface area contributed by atoms with Crippen molar-refractivity contribution in [2.45, 2.75) is 40.0 Å². The SMILES string of the molecule is Cc1ccc2sc(C(CN)CC(C)(C)C)nc2c1. The third kappa shape index (κ3) is 3.09. The minimum Gasteiger partial charge on any atom is -0.330 e. The molecule has 2 nitrogen and oxygen atoms in total. The maximum absolute atomic E-state index is 5.93. The van der Waals surface area contributed by atoms with Crippen LogP contribution >= 0.6 is 11.3 Å². The molecule has 0 bridgehead atoms. The minimum absolute atomic E-state index is 0.289. The summed E-state index contributed by atoms with van der Waals surface area (Å²) < 4.78 is 1.27. The van der Waals surface area contributed by atoms with Crippen molar-refractivity contribution in [1.29, 1.82) is 0 Å². The van der Waals surface area contributed by atoms with Crippen molar-refractivity contribution in [1.82, 2.24) is 4.98 Å². The van der Waals surface area contributed by atoms with E-state index in [2.05, 4.69) is 45.9 Å². The largest absolute Gasteiger partial charge is 0.330 e. The van der Waals surface area contributed by atoms with Crippen LogP contribution < -0.4 is 5.73 Å². The van der Waals surface area contributed by atoms with Crippen molar-refractivity contribution < 1.29 is 0 Å². The summed E-state index contributed by atoms with van der Waals surface area (Å²) in [5.74, 6) is 0.378. The van der Waals surface area contributed by atoms with Gasteiger partial charge in [0.25, 0.3) is 0 Å². The molecule has 1 atom stereocenters. The quantitative estimate of drug-likeness (QED) is 0.905. The molecule has 2 rings (SSSR count). The number of fused-ring (bicyclic) bond motifs is 1. The van der Waals surface area contributed by atoms with Gasteiger partial charge in [-0.2, -0.15) is 0 Å². The number of nitrogens with two attached hydrogens (primary N) is 1. The van der Waals surface area contributed by atoms with Gasteiger partial charge >= 0.3 is 0 Å². The van der Waals surface area contributed by atoms with E-state index >= 15 is 0 Å². The lowest BCUT2D eigenvalue weighted by Crippen LogP contribution is -2.19. The summed E-state index contributed by atoms with van der Waals surface area (Å²) in [6, 6.07) is 6.46. The summed E-state index contributed by atoms with van der Waals surface area (Å²) in [6.45, 7) is 9.55. The van der Waals surface area contributed by atoms with Crippen LogP contribution in [0.15, 0.2) is 18.2 Å². The lowest BCUT2D eigenvalue weighted by Gasteiger charge is -2.23. The number of aryl methyl sites for hydroxylation is 1. The molecule has 18 heavy (non-hydrogen) atoms. The van der Waals surface area contributed by atoms with E-state index in [0.29, 0.717) is 12.5 Å². The summed E-state index contributed by atoms with van der Waals surface area (Å²) in [6.07, 6.45) is 1.09. The molecule has 0 aliphatic carbocycles. The molecule has 1 unspecified atom stereocenters. The Bertz CT molecular complexity index is 537. The molecular formula is C15H22N2S. The standard InChI is InChI=1S/C15H22N2S/c1-10-5-6-13-12(7-10)17-14(18-13)11(9-16)8-15(2,3)4/h5-7,11H,8-9,16H2,1-4H3. The fraction of sp³-hybridized carbons (Fsp3) is 0.533. The van der Waals surface area contributed by atoms with Crippen LogP contribution in [0.4, 0.5) is 0 Å². The molecule has 0 amide bonds. The molecule has 0 saturated carbocycles. The maximum Gasteiger partial charge on any atom is 0.0982 e. The van der Waals surface area contributed by atoms with Crippen LogP contribution in [0.1, 0.15) is 43.7 Å². The number of hydrogen-bond donors (Lipinski definition) is 1. The number of nitrogens with zero attached hydrogens (tertiary/aromatic N) is 1. The van der Waals surface area contributed by atoms with Crippen LogP contribution in [0, 0.1) is 12.3 Å². The van der Waals surface area contributed by atoms with E-state index in [4.69, 9.17) is 10.7 Å². The van der Waals surface area contributed by atoms with Crippen LogP contribution in [-0.4, -0.2) is 11.5 Å². The molecule has 1 heterocycles. The number of hydrogen-bond acceptors (Lipinski definition) is 3. The molecule has 0 aliphatic rings. The molecule has 0 aliphatic heterocycles. The number of benzene rings is 1. The predicted molar refractivity (Wildman–Crippen MR) is 80.2 cm³/mol. The van der Waals surface area contributed by atoms with Crippen molar-refractivity contribution in [3.8, 4) is 0 Å². The molecule has 0 fully saturated rings. The van der Waals surface area contributed by atoms with Gasteiger partial charge in [0.2, 0.25) is 0 Å². The van der Waals surface area contributed by atoms with Crippen LogP contribution in [0.5, 0.6) is 0 Å². The van der Waals surface area contributed by atoms with Gasteiger partial charge in [-0.15, -0.1) is 11.3 Å². The summed E-state index contributed by atoms with van der Waals surface area (Å²) in [5, 5.41) is 1.19. The van der Waals surface area contributed by atoms with Crippen LogP contribution in [-0.2, 0) is 0 Å². The lowest BCUT2D eigenvalue weighted by atomic mass is 9.85. The Balaban J connectivity index is 2.34. The highest BCUT2D eigenvalue weighted by atomic mass is 32.1. The number of rotatable bonds is 3. The van der Waals surface area contributed by atoms with Gasteiger partial charge in [-0.25, -0.2) is 4.98 Å². The second-order valence-electron chi connectivity index (χ2n) is 6.22. The van der Waals surface area contributed by atoms with Gasteiger partial charge in [-0.05, 0) is 36.5 Å². The number of aromatic nitrogens is 1. The van der Waals surface area contributed by atoms with Gasteiger partial charge in [0.1, 0.15) is 0 Å². The third-order valence-corrected chi connectivity index (χ3v) is 4.25. The van der Waals surface area contributed by atoms with Crippen LogP contribution in [0.2, 0.25) is 0 Å². The molecule has 0 spiro atoms. The Morgan fingerprint density at radius 1 is 1.33 bits per heavy atom. The Hall–Kier alpha value is -0.930. The average Bonchev–Trinajstić information content (AvgIpc) is 2.67. The van der Waals surface area contributed by atoms with Gasteiger partial charge in [0.15, 0.2) is 0 Å². The smallest absolute Gasteiger partial charge is 0.0982 e. The monoisotopic (exact) mass is 262 g/mol. The van der Waals surface area contributed by atoms with E-state index in [1.165, 1.54) is 15.3 Å². The first-order valence-electron chi connectivity index (χ1n) is 6.46. The Kier molecular flexibility index (Phi) is 3.74. The highest BCUT2D eigenvalue weighted by Crippen LogP contribution is 2.34. The van der Waals surface area contributed by atoms with Crippen molar-refractivity contribution in [3.05, 3.63) is 28.8 Å². The first kappa shape index (κ1) is 13.5. The molecule has 1 aromatic heterocycles. The van der Waals surface area contributed by atoms with Gasteiger partial charge in [-0.3, -0.25) is 0 Å². The van der Waals surface area contributed by atoms with Gasteiger partial charge in [-0.1, -0.05) is 26.8 Å². The van der Waals surface area contributed by atoms with E-state index in [0.717, 1.165) is 11.9 Å². The first-order chi connectivity index (χ1) is 8.39. The topological polar surface area (TPSA) is 38.9 Å². The second-order valence-corrected chi connectivity index (χ2v) is 7.28. The van der Waals surface area contributed by atoms with Crippen LogP contribution in [0.3, 0.4) is 0 Å². The van der Waals surface area contributed by atoms with E-state index in [1.807, 2.05) is 0 Å². The zero-order chi connectivity index (χ0) is 13.3. The molecule has 1 aromatic carbocycles. The molecule has 98 valence electrons. The summed E-state index contributed by atoms with van der Waals surface area (Å²) >= 11 is 1.79. The van der Waals surface area contributed by atoms with Gasteiger partial charge < -0.3 is 5.73 Å². The zero-order valence-electron chi connectivity index (χ0n) is 11.7. The van der Waals surface area contributed by atoms with Crippen molar-refractivity contribution in [2.75, 3.05) is 6.54 Å². The average molecular weight is 262 g/mol. The zero-order valence-corrected chi connectivity index (χ0v) is 12.5. The van der Waals surface area contributed by atoms with E-state index in [1.54, 1.807) is 11.3 Å². The van der Waals surface area contributed by atoms with Crippen molar-refractivity contribution in [2.24, 2.45) is 11.1 Å². The molecule has 3 heteroatoms. The fourth-order valence-corrected chi connectivity index (χ4v) is 3.30. The lowest BCUT2D eigenvalue weighted by molar-refractivity contribution is 0.341. The van der Waals surface area contributed by atoms with Crippen molar-refractivity contribution >= 4 is 21.6 Å². The predicted octanol–water partition coefficient (Wildman–Crippen LogP) is 4.08. The Morgan fingerprint density at radius 3 is 2.67 bits per heavy atom. The minimum atomic E-state index is 0.289. The summed E-state index contributed by atoms with van der Waals surface area (Å²) in [4.78, 5) is 4.77. The summed E-state index contributed by atoms with van der Waals surface area (Å²) in [7, 11) is 0. The Morgan fingerprint density at radius 2 is 2.06 bits per heavy atom. The Labute approximate surface area is 113 Å². The fourth-order valence-electron chi connectivity index (χ4n) is 2.24. The maximum atomic E-state index is 5.93. The van der Waals surface area contributed by atoms with E-state index in [9.17, 15) is 0 Å². The second kappa shape index (κ2) is 4.98. The molecule has 2 N–H and O–H groups in total. The summed E-state index contributed by atoms with van der Waals surface area (Å²) in [5.41, 5.74) is 8.60. The van der Waals surface area contributed by atoms with E-state index in [-0.39, 0.29) is 5.41 Å². The highest BCUT2D eigenvalue weighted by molar-refractivity contribution is 7.18. The van der Waals surface area contributed by atoms with E-state index < -0.39 is 0 Å². The number of thiazole rings is 1. The van der Waals surface area contributed by atoms with Gasteiger partial charge in [0.05, 0.1) is 15.2 Å². The van der Waals surface area contributed by atoms with Gasteiger partial charge in [0, 0.05) is 12.5 Å². The molecule has 0 radical (unpaired) electrons. The molecular weight excluding hydrogens is 240 g/mol. The van der Waals surface area contributed by atoms with Crippen molar-refractivity contribution in [3.63, 3.8) is 0 Å². The normalized spacial score (nSPS) is 14.1. The first-order valence-corrected chi connectivity index (χ1v) is 7.28. The molecule has 2 aromatic rings. The molecule has 0 saturated heterocycles. The third-order valence-electron chi connectivity index (χ3n) is 3.05. The van der Waals surface area contributed by atoms with Crippen LogP contribution in [0.25, 0.3) is 10.2 Å².